The lowest BCUT2D eigenvalue weighted by atomic mass is 10.1. The molecule has 1 aromatic carbocycles. The maximum absolute atomic E-state index is 12.8. The van der Waals surface area contributed by atoms with Crippen molar-refractivity contribution in [2.45, 2.75) is 13.3 Å². The van der Waals surface area contributed by atoms with Crippen LogP contribution in [0.3, 0.4) is 0 Å². The molecule has 0 saturated carbocycles. The molecule has 1 unspecified atom stereocenters. The monoisotopic (exact) mass is 482 g/mol. The van der Waals surface area contributed by atoms with Crippen molar-refractivity contribution >= 4 is 23.2 Å². The lowest BCUT2D eigenvalue weighted by Gasteiger charge is -2.17. The molecule has 2 aromatic heterocycles. The van der Waals surface area contributed by atoms with E-state index in [1.54, 1.807) is 56.8 Å². The fraction of sp³-hybridized carbons (Fsp3) is 0.417. The third-order valence-electron chi connectivity index (χ3n) is 6.01. The zero-order valence-corrected chi connectivity index (χ0v) is 20.3. The van der Waals surface area contributed by atoms with E-state index in [1.807, 2.05) is 6.92 Å². The van der Waals surface area contributed by atoms with Gasteiger partial charge in [0.05, 0.1) is 33.2 Å². The summed E-state index contributed by atoms with van der Waals surface area (Å²) in [5.74, 6) is 1.73. The van der Waals surface area contributed by atoms with Gasteiger partial charge in [0.25, 0.3) is 0 Å². The standard InChI is InChI=1S/C24H30N6O5/c1-5-25-23(31)29-8-6-15(14-29)12-27-24(32)30-9-7-17-22(30)26-13-18(28-17)16-10-19(33-2)21(35-4)20(11-16)34-3/h7,9-11,13,15H,5-6,8,12,14H2,1-4H3,(H,25,31)(H,27,32). The summed E-state index contributed by atoms with van der Waals surface area (Å²) in [6.45, 7) is 4.28. The number of methoxy groups -OCH3 is 3. The van der Waals surface area contributed by atoms with Crippen LogP contribution in [-0.2, 0) is 0 Å². The molecule has 0 bridgehead atoms. The first kappa shape index (κ1) is 24.1. The Morgan fingerprint density at radius 1 is 1.09 bits per heavy atom. The van der Waals surface area contributed by atoms with Crippen LogP contribution in [0.5, 0.6) is 17.2 Å². The molecule has 11 heteroatoms. The van der Waals surface area contributed by atoms with Crippen LogP contribution in [0.15, 0.2) is 30.6 Å². The normalized spacial score (nSPS) is 15.2. The Morgan fingerprint density at radius 2 is 1.83 bits per heavy atom. The molecule has 2 N–H and O–H groups in total. The Balaban J connectivity index is 1.48. The van der Waals surface area contributed by atoms with Crippen molar-refractivity contribution in [1.29, 1.82) is 0 Å². The lowest BCUT2D eigenvalue weighted by Crippen LogP contribution is -2.39. The van der Waals surface area contributed by atoms with Crippen LogP contribution in [0.2, 0.25) is 0 Å². The number of aromatic nitrogens is 3. The molecular weight excluding hydrogens is 452 g/mol. The SMILES string of the molecule is CCNC(=O)N1CCC(CNC(=O)n2ccc3nc(-c4cc(OC)c(OC)c(OC)c4)cnc32)C1. The summed E-state index contributed by atoms with van der Waals surface area (Å²) < 4.78 is 17.7. The maximum atomic E-state index is 12.8. The predicted octanol–water partition coefficient (Wildman–Crippen LogP) is 2.73. The first-order valence-corrected chi connectivity index (χ1v) is 11.4. The third kappa shape index (κ3) is 4.93. The summed E-state index contributed by atoms with van der Waals surface area (Å²) in [5.41, 5.74) is 2.37. The fourth-order valence-corrected chi connectivity index (χ4v) is 4.21. The van der Waals surface area contributed by atoms with Crippen LogP contribution in [0, 0.1) is 5.92 Å². The van der Waals surface area contributed by atoms with Crippen LogP contribution in [0.4, 0.5) is 9.59 Å². The van der Waals surface area contributed by atoms with E-state index >= 15 is 0 Å². The number of urea groups is 1. The molecule has 1 saturated heterocycles. The van der Waals surface area contributed by atoms with Gasteiger partial charge in [0.1, 0.15) is 5.52 Å². The molecule has 186 valence electrons. The number of benzene rings is 1. The zero-order chi connectivity index (χ0) is 24.9. The first-order chi connectivity index (χ1) is 17.0. The van der Waals surface area contributed by atoms with Gasteiger partial charge in [-0.15, -0.1) is 0 Å². The van der Waals surface area contributed by atoms with E-state index in [4.69, 9.17) is 14.2 Å². The molecule has 3 heterocycles. The second-order valence-corrected chi connectivity index (χ2v) is 8.19. The Bertz CT molecular complexity index is 1200. The van der Waals surface area contributed by atoms with Crippen LogP contribution in [0.25, 0.3) is 22.4 Å². The zero-order valence-electron chi connectivity index (χ0n) is 20.3. The second kappa shape index (κ2) is 10.5. The van der Waals surface area contributed by atoms with Gasteiger partial charge >= 0.3 is 12.1 Å². The van der Waals surface area contributed by atoms with Crippen molar-refractivity contribution in [2.75, 3.05) is 47.5 Å². The highest BCUT2D eigenvalue weighted by Crippen LogP contribution is 2.40. The highest BCUT2D eigenvalue weighted by molar-refractivity contribution is 5.88. The summed E-state index contributed by atoms with van der Waals surface area (Å²) in [6.07, 6.45) is 4.10. The number of ether oxygens (including phenoxy) is 3. The summed E-state index contributed by atoms with van der Waals surface area (Å²) in [6, 6.07) is 5.00. The predicted molar refractivity (Wildman–Crippen MR) is 130 cm³/mol. The van der Waals surface area contributed by atoms with Crippen molar-refractivity contribution in [3.05, 3.63) is 30.6 Å². The third-order valence-corrected chi connectivity index (χ3v) is 6.01. The smallest absolute Gasteiger partial charge is 0.327 e. The van der Waals surface area contributed by atoms with Crippen molar-refractivity contribution in [3.8, 4) is 28.5 Å². The topological polar surface area (TPSA) is 120 Å². The largest absolute Gasteiger partial charge is 0.493 e. The van der Waals surface area contributed by atoms with E-state index in [-0.39, 0.29) is 18.0 Å². The average Bonchev–Trinajstić information content (AvgIpc) is 3.53. The summed E-state index contributed by atoms with van der Waals surface area (Å²) in [5, 5.41) is 5.76. The van der Waals surface area contributed by atoms with Crippen molar-refractivity contribution in [3.63, 3.8) is 0 Å². The molecule has 4 rings (SSSR count). The van der Waals surface area contributed by atoms with E-state index in [1.165, 1.54) is 4.57 Å². The Kier molecular flexibility index (Phi) is 7.23. The average molecular weight is 483 g/mol. The lowest BCUT2D eigenvalue weighted by molar-refractivity contribution is 0.207. The van der Waals surface area contributed by atoms with Gasteiger partial charge < -0.3 is 29.7 Å². The Hall–Kier alpha value is -4.02. The van der Waals surface area contributed by atoms with Crippen molar-refractivity contribution in [1.82, 2.24) is 30.1 Å². The van der Waals surface area contributed by atoms with Crippen LogP contribution in [0.1, 0.15) is 13.3 Å². The highest BCUT2D eigenvalue weighted by Gasteiger charge is 2.26. The number of rotatable bonds is 7. The molecule has 3 aromatic rings. The number of carbonyl (C=O) groups is 2. The minimum atomic E-state index is -0.286. The summed E-state index contributed by atoms with van der Waals surface area (Å²) in [4.78, 5) is 35.8. The van der Waals surface area contributed by atoms with E-state index in [0.717, 1.165) is 12.0 Å². The molecular formula is C24H30N6O5. The minimum absolute atomic E-state index is 0.0593. The van der Waals surface area contributed by atoms with Crippen molar-refractivity contribution in [2.24, 2.45) is 5.92 Å². The van der Waals surface area contributed by atoms with Crippen LogP contribution < -0.4 is 24.8 Å². The Labute approximate surface area is 203 Å². The summed E-state index contributed by atoms with van der Waals surface area (Å²) >= 11 is 0. The number of hydrogen-bond acceptors (Lipinski definition) is 7. The fourth-order valence-electron chi connectivity index (χ4n) is 4.21. The quantitative estimate of drug-likeness (QED) is 0.531. The van der Waals surface area contributed by atoms with Gasteiger partial charge in [-0.05, 0) is 37.5 Å². The number of nitrogens with zero attached hydrogens (tertiary/aromatic N) is 4. The number of carbonyl (C=O) groups excluding carboxylic acids is 2. The maximum Gasteiger partial charge on any atom is 0.327 e. The number of amides is 3. The number of likely N-dealkylation sites (tertiary alicyclic amines) is 1. The number of fused-ring (bicyclic) bond motifs is 1. The van der Waals surface area contributed by atoms with E-state index in [0.29, 0.717) is 60.3 Å². The molecule has 1 aliphatic heterocycles. The second-order valence-electron chi connectivity index (χ2n) is 8.19. The van der Waals surface area contributed by atoms with Crippen LogP contribution in [-0.4, -0.2) is 79.0 Å². The molecule has 1 atom stereocenters. The van der Waals surface area contributed by atoms with Gasteiger partial charge in [0.2, 0.25) is 5.75 Å². The molecule has 1 fully saturated rings. The van der Waals surface area contributed by atoms with E-state index in [2.05, 4.69) is 20.6 Å². The number of nitrogens with one attached hydrogen (secondary N) is 2. The summed E-state index contributed by atoms with van der Waals surface area (Å²) in [7, 11) is 4.65. The Morgan fingerprint density at radius 3 is 2.49 bits per heavy atom. The van der Waals surface area contributed by atoms with Gasteiger partial charge in [-0.3, -0.25) is 4.57 Å². The molecule has 0 spiro atoms. The highest BCUT2D eigenvalue weighted by atomic mass is 16.5. The molecule has 1 aliphatic rings. The number of hydrogen-bond donors (Lipinski definition) is 2. The van der Waals surface area contributed by atoms with Gasteiger partial charge in [-0.2, -0.15) is 0 Å². The van der Waals surface area contributed by atoms with Crippen molar-refractivity contribution < 1.29 is 23.8 Å². The van der Waals surface area contributed by atoms with E-state index < -0.39 is 0 Å². The van der Waals surface area contributed by atoms with E-state index in [9.17, 15) is 9.59 Å². The minimum Gasteiger partial charge on any atom is -0.493 e. The molecule has 3 amide bonds. The first-order valence-electron chi connectivity index (χ1n) is 11.4. The molecule has 11 nitrogen and oxygen atoms in total. The molecule has 0 radical (unpaired) electrons. The van der Waals surface area contributed by atoms with Gasteiger partial charge in [-0.1, -0.05) is 0 Å². The van der Waals surface area contributed by atoms with Gasteiger partial charge in [0, 0.05) is 37.9 Å². The van der Waals surface area contributed by atoms with Gasteiger partial charge in [-0.25, -0.2) is 19.6 Å². The molecule has 35 heavy (non-hydrogen) atoms. The molecule has 0 aliphatic carbocycles. The van der Waals surface area contributed by atoms with Gasteiger partial charge in [0.15, 0.2) is 17.1 Å². The van der Waals surface area contributed by atoms with Crippen LogP contribution >= 0.6 is 0 Å².